The van der Waals surface area contributed by atoms with E-state index in [1.807, 2.05) is 4.90 Å². The number of fused-ring (bicyclic) bond motifs is 1. The number of nitrogens with one attached hydrogen (secondary N) is 2. The van der Waals surface area contributed by atoms with Gasteiger partial charge in [0.25, 0.3) is 17.4 Å². The lowest BCUT2D eigenvalue weighted by Crippen LogP contribution is -2.47. The summed E-state index contributed by atoms with van der Waals surface area (Å²) in [6.45, 7) is 9.44. The number of β-amino-alcohol motifs (C(OH)–C–C–N with tert-alkyl or cyclic N) is 1. The number of aliphatic hydroxyl groups is 1. The molecule has 2 aliphatic rings. The van der Waals surface area contributed by atoms with Crippen LogP contribution in [0.4, 0.5) is 23.3 Å². The SMILES string of the molecule is [C-]#[N+]c1cnc2c(NC3CC3)nc(Nc3cc(C#N)cc(C(O)CN4CCN(S(=O)O)CC4)c3Cl)nn12. The van der Waals surface area contributed by atoms with Gasteiger partial charge in [0.15, 0.2) is 5.82 Å². The molecule has 13 nitrogen and oxygen atoms in total. The summed E-state index contributed by atoms with van der Waals surface area (Å²) >= 11 is 4.67. The van der Waals surface area contributed by atoms with Crippen LogP contribution in [-0.2, 0) is 11.3 Å². The van der Waals surface area contributed by atoms with Gasteiger partial charge < -0.3 is 20.6 Å². The van der Waals surface area contributed by atoms with Crippen LogP contribution in [0.15, 0.2) is 18.3 Å². The predicted octanol–water partition coefficient (Wildman–Crippen LogP) is 2.31. The lowest BCUT2D eigenvalue weighted by molar-refractivity contribution is 0.0919. The molecule has 3 aromatic rings. The van der Waals surface area contributed by atoms with Crippen LogP contribution in [0, 0.1) is 17.9 Å². The van der Waals surface area contributed by atoms with E-state index >= 15 is 0 Å². The topological polar surface area (TPSA) is 159 Å². The highest BCUT2D eigenvalue weighted by Crippen LogP contribution is 2.35. The first-order chi connectivity index (χ1) is 17.9. The minimum Gasteiger partial charge on any atom is -0.387 e. The zero-order valence-corrected chi connectivity index (χ0v) is 21.1. The summed E-state index contributed by atoms with van der Waals surface area (Å²) in [6, 6.07) is 5.45. The molecule has 2 atom stereocenters. The number of nitrogens with zero attached hydrogens (tertiary/aromatic N) is 8. The third kappa shape index (κ3) is 5.50. The number of benzene rings is 1. The zero-order chi connectivity index (χ0) is 26.1. The fourth-order valence-corrected chi connectivity index (χ4v) is 4.85. The fourth-order valence-electron chi connectivity index (χ4n) is 4.09. The maximum atomic E-state index is 11.3. The third-order valence-electron chi connectivity index (χ3n) is 6.20. The smallest absolute Gasteiger partial charge is 0.275 e. The van der Waals surface area contributed by atoms with Crippen molar-refractivity contribution < 1.29 is 13.9 Å². The van der Waals surface area contributed by atoms with Gasteiger partial charge in [0, 0.05) is 44.3 Å². The van der Waals surface area contributed by atoms with E-state index in [0.717, 1.165) is 12.8 Å². The van der Waals surface area contributed by atoms with Crippen LogP contribution in [0.3, 0.4) is 0 Å². The van der Waals surface area contributed by atoms with Crippen LogP contribution < -0.4 is 10.6 Å². The van der Waals surface area contributed by atoms with Crippen molar-refractivity contribution in [3.05, 3.63) is 45.9 Å². The van der Waals surface area contributed by atoms with Crippen LogP contribution in [-0.4, -0.2) is 81.4 Å². The number of hydrogen-bond acceptors (Lipinski definition) is 9. The standard InChI is InChI=1S/C22H23ClN10O3S/c1-25-18-11-26-21-20(27-14-2-3-14)29-22(30-33(18)21)28-16-9-13(10-24)8-15(19(16)23)17(34)12-31-4-6-32(7-5-31)37(35)36/h8-9,11,14,17,34H,2-7,12H2,(H,35,36)(H2,27,28,29,30). The molecule has 1 aliphatic carbocycles. The Morgan fingerprint density at radius 1 is 1.32 bits per heavy atom. The number of aromatic nitrogens is 4. The van der Waals surface area contributed by atoms with Crippen molar-refractivity contribution in [2.45, 2.75) is 25.0 Å². The van der Waals surface area contributed by atoms with Crippen molar-refractivity contribution in [1.29, 1.82) is 5.26 Å². The first-order valence-corrected chi connectivity index (χ1v) is 13.0. The highest BCUT2D eigenvalue weighted by molar-refractivity contribution is 7.76. The first kappa shape index (κ1) is 25.3. The molecule has 0 bridgehead atoms. The molecule has 3 heterocycles. The number of anilines is 3. The third-order valence-corrected chi connectivity index (χ3v) is 7.42. The number of nitriles is 1. The van der Waals surface area contributed by atoms with E-state index < -0.39 is 17.4 Å². The van der Waals surface area contributed by atoms with E-state index in [4.69, 9.17) is 18.2 Å². The van der Waals surface area contributed by atoms with E-state index in [2.05, 4.69) is 36.6 Å². The Morgan fingerprint density at radius 2 is 2.08 bits per heavy atom. The normalized spacial score (nSPS) is 18.2. The van der Waals surface area contributed by atoms with Gasteiger partial charge in [-0.3, -0.25) is 9.45 Å². The second kappa shape index (κ2) is 10.5. The number of hydrogen-bond donors (Lipinski definition) is 4. The van der Waals surface area contributed by atoms with Crippen molar-refractivity contribution >= 4 is 51.8 Å². The van der Waals surface area contributed by atoms with Crippen LogP contribution in [0.2, 0.25) is 5.02 Å². The maximum absolute atomic E-state index is 11.3. The van der Waals surface area contributed by atoms with Gasteiger partial charge in [0.1, 0.15) is 0 Å². The van der Waals surface area contributed by atoms with Crippen molar-refractivity contribution in [3.63, 3.8) is 0 Å². The highest BCUT2D eigenvalue weighted by atomic mass is 35.5. The van der Waals surface area contributed by atoms with E-state index in [9.17, 15) is 19.1 Å². The van der Waals surface area contributed by atoms with Gasteiger partial charge in [-0.25, -0.2) is 9.19 Å². The lowest BCUT2D eigenvalue weighted by Gasteiger charge is -2.33. The Balaban J connectivity index is 1.42. The quantitative estimate of drug-likeness (QED) is 0.246. The average molecular weight is 543 g/mol. The van der Waals surface area contributed by atoms with E-state index in [1.54, 1.807) is 6.07 Å². The average Bonchev–Trinajstić information content (AvgIpc) is 3.61. The molecule has 1 aliphatic heterocycles. The Kier molecular flexibility index (Phi) is 7.21. The molecule has 1 saturated heterocycles. The van der Waals surface area contributed by atoms with Gasteiger partial charge in [0.05, 0.1) is 34.6 Å². The van der Waals surface area contributed by atoms with Gasteiger partial charge >= 0.3 is 0 Å². The summed E-state index contributed by atoms with van der Waals surface area (Å²) in [7, 11) is 0. The highest BCUT2D eigenvalue weighted by Gasteiger charge is 2.27. The summed E-state index contributed by atoms with van der Waals surface area (Å²) in [5.41, 5.74) is 1.40. The predicted molar refractivity (Wildman–Crippen MR) is 137 cm³/mol. The maximum Gasteiger partial charge on any atom is 0.275 e. The first-order valence-electron chi connectivity index (χ1n) is 11.5. The fraction of sp³-hybridized carbons (Fsp3) is 0.409. The molecule has 1 aromatic carbocycles. The largest absolute Gasteiger partial charge is 0.387 e. The van der Waals surface area contributed by atoms with Crippen molar-refractivity contribution in [2.24, 2.45) is 0 Å². The number of piperazine rings is 1. The number of rotatable bonds is 8. The van der Waals surface area contributed by atoms with Crippen molar-refractivity contribution in [3.8, 4) is 6.07 Å². The molecule has 37 heavy (non-hydrogen) atoms. The molecule has 2 fully saturated rings. The summed E-state index contributed by atoms with van der Waals surface area (Å²) in [5, 5.41) is 31.5. The molecule has 15 heteroatoms. The molecule has 0 spiro atoms. The molecular weight excluding hydrogens is 520 g/mol. The molecular formula is C22H23ClN10O3S. The van der Waals surface area contributed by atoms with Crippen molar-refractivity contribution in [2.75, 3.05) is 43.4 Å². The molecule has 2 unspecified atom stereocenters. The number of halogens is 1. The Morgan fingerprint density at radius 3 is 2.73 bits per heavy atom. The summed E-state index contributed by atoms with van der Waals surface area (Å²) in [5.74, 6) is 0.840. The Labute approximate surface area is 219 Å². The van der Waals surface area contributed by atoms with Crippen molar-refractivity contribution in [1.82, 2.24) is 28.8 Å². The minimum absolute atomic E-state index is 0.143. The molecule has 1 saturated carbocycles. The molecule has 4 N–H and O–H groups in total. The van der Waals surface area contributed by atoms with E-state index in [1.165, 1.54) is 21.1 Å². The van der Waals surface area contributed by atoms with Gasteiger partial charge in [-0.1, -0.05) is 23.3 Å². The number of aliphatic hydroxyl groups excluding tert-OH is 1. The van der Waals surface area contributed by atoms with E-state index in [-0.39, 0.29) is 34.9 Å². The zero-order valence-electron chi connectivity index (χ0n) is 19.5. The summed E-state index contributed by atoms with van der Waals surface area (Å²) in [6.07, 6.45) is 2.44. The second-order valence-electron chi connectivity index (χ2n) is 8.81. The van der Waals surface area contributed by atoms with Gasteiger partial charge in [0.2, 0.25) is 11.3 Å². The van der Waals surface area contributed by atoms with E-state index in [0.29, 0.717) is 48.9 Å². The van der Waals surface area contributed by atoms with Crippen LogP contribution in [0.5, 0.6) is 0 Å². The minimum atomic E-state index is -2.02. The second-order valence-corrected chi connectivity index (χ2v) is 10.2. The molecule has 0 amide bonds. The van der Waals surface area contributed by atoms with Gasteiger partial charge in [-0.05, 0) is 25.0 Å². The summed E-state index contributed by atoms with van der Waals surface area (Å²) in [4.78, 5) is 14.2. The Hall–Kier alpha value is -3.37. The molecule has 5 rings (SSSR count). The van der Waals surface area contributed by atoms with Gasteiger partial charge in [-0.2, -0.15) is 14.6 Å². The number of imidazole rings is 1. The van der Waals surface area contributed by atoms with Crippen LogP contribution in [0.1, 0.15) is 30.1 Å². The van der Waals surface area contributed by atoms with Gasteiger partial charge in [-0.15, -0.1) is 4.52 Å². The van der Waals surface area contributed by atoms with Crippen LogP contribution in [0.25, 0.3) is 10.5 Å². The monoisotopic (exact) mass is 542 g/mol. The molecule has 192 valence electrons. The lowest BCUT2D eigenvalue weighted by atomic mass is 10.0. The molecule has 2 aromatic heterocycles. The Bertz CT molecular complexity index is 1440. The van der Waals surface area contributed by atoms with Crippen LogP contribution >= 0.6 is 11.6 Å². The molecule has 0 radical (unpaired) electrons. The summed E-state index contributed by atoms with van der Waals surface area (Å²) < 4.78 is 23.3.